The van der Waals surface area contributed by atoms with Crippen LogP contribution in [-0.2, 0) is 9.53 Å². The molecule has 1 amide bonds. The van der Waals surface area contributed by atoms with E-state index in [1.807, 2.05) is 37.3 Å². The van der Waals surface area contributed by atoms with E-state index in [1.165, 1.54) is 7.11 Å². The van der Waals surface area contributed by atoms with Crippen LogP contribution in [0.3, 0.4) is 0 Å². The number of benzene rings is 1. The Labute approximate surface area is 108 Å². The molecule has 2 N–H and O–H groups in total. The molecule has 0 heterocycles. The Morgan fingerprint density at radius 1 is 1.39 bits per heavy atom. The standard InChI is InChI=1S/C14H21NO3/c1-11(8-9-16)10-15-14(17)13(18-2)12-6-4-3-5-7-12/h3-7,11,13,16H,8-10H2,1-2H3,(H,15,17)/t11?,13-/m1/s1. The Bertz CT molecular complexity index is 353. The van der Waals surface area contributed by atoms with E-state index in [0.29, 0.717) is 13.0 Å². The van der Waals surface area contributed by atoms with E-state index in [9.17, 15) is 4.79 Å². The summed E-state index contributed by atoms with van der Waals surface area (Å²) in [4.78, 5) is 12.0. The second kappa shape index (κ2) is 7.84. The smallest absolute Gasteiger partial charge is 0.253 e. The summed E-state index contributed by atoms with van der Waals surface area (Å²) in [7, 11) is 1.52. The average molecular weight is 251 g/mol. The monoisotopic (exact) mass is 251 g/mol. The van der Waals surface area contributed by atoms with Crippen LogP contribution < -0.4 is 5.32 Å². The number of aliphatic hydroxyl groups excluding tert-OH is 1. The van der Waals surface area contributed by atoms with E-state index in [-0.39, 0.29) is 18.4 Å². The number of methoxy groups -OCH3 is 1. The number of aliphatic hydroxyl groups is 1. The lowest BCUT2D eigenvalue weighted by atomic mass is 10.1. The van der Waals surface area contributed by atoms with Crippen LogP contribution in [0.15, 0.2) is 30.3 Å². The first kappa shape index (κ1) is 14.7. The van der Waals surface area contributed by atoms with Crippen molar-refractivity contribution >= 4 is 5.91 Å². The third-order valence-corrected chi connectivity index (χ3v) is 2.82. The van der Waals surface area contributed by atoms with Crippen molar-refractivity contribution in [1.29, 1.82) is 0 Å². The molecule has 0 aromatic heterocycles. The van der Waals surface area contributed by atoms with Crippen molar-refractivity contribution in [2.75, 3.05) is 20.3 Å². The fourth-order valence-electron chi connectivity index (χ4n) is 1.71. The molecule has 0 spiro atoms. The Morgan fingerprint density at radius 2 is 2.06 bits per heavy atom. The Hall–Kier alpha value is -1.39. The summed E-state index contributed by atoms with van der Waals surface area (Å²) in [5, 5.41) is 11.6. The second-order valence-electron chi connectivity index (χ2n) is 4.39. The van der Waals surface area contributed by atoms with Crippen LogP contribution in [0.2, 0.25) is 0 Å². The lowest BCUT2D eigenvalue weighted by Gasteiger charge is -2.17. The average Bonchev–Trinajstić information content (AvgIpc) is 2.39. The molecule has 0 aliphatic carbocycles. The van der Waals surface area contributed by atoms with Gasteiger partial charge in [-0.1, -0.05) is 37.3 Å². The molecule has 2 atom stereocenters. The zero-order chi connectivity index (χ0) is 13.4. The van der Waals surface area contributed by atoms with Gasteiger partial charge >= 0.3 is 0 Å². The van der Waals surface area contributed by atoms with E-state index in [0.717, 1.165) is 5.56 Å². The molecule has 1 aromatic rings. The number of rotatable bonds is 7. The second-order valence-corrected chi connectivity index (χ2v) is 4.39. The zero-order valence-corrected chi connectivity index (χ0v) is 10.9. The topological polar surface area (TPSA) is 58.6 Å². The maximum absolute atomic E-state index is 12.0. The molecule has 1 aromatic carbocycles. The maximum atomic E-state index is 12.0. The van der Waals surface area contributed by atoms with E-state index in [4.69, 9.17) is 9.84 Å². The van der Waals surface area contributed by atoms with Gasteiger partial charge < -0.3 is 15.2 Å². The molecule has 1 rings (SSSR count). The number of amides is 1. The fourth-order valence-corrected chi connectivity index (χ4v) is 1.71. The molecule has 4 heteroatoms. The van der Waals surface area contributed by atoms with Crippen LogP contribution >= 0.6 is 0 Å². The first-order chi connectivity index (χ1) is 8.69. The molecule has 0 radical (unpaired) electrons. The number of carbonyl (C=O) groups is 1. The summed E-state index contributed by atoms with van der Waals surface area (Å²) < 4.78 is 5.23. The van der Waals surface area contributed by atoms with Gasteiger partial charge in [0.05, 0.1) is 0 Å². The van der Waals surface area contributed by atoms with Crippen molar-refractivity contribution < 1.29 is 14.6 Å². The van der Waals surface area contributed by atoms with Gasteiger partial charge in [0.1, 0.15) is 0 Å². The number of nitrogens with one attached hydrogen (secondary N) is 1. The van der Waals surface area contributed by atoms with Crippen molar-refractivity contribution in [3.05, 3.63) is 35.9 Å². The number of hydrogen-bond acceptors (Lipinski definition) is 3. The Morgan fingerprint density at radius 3 is 2.61 bits per heavy atom. The minimum atomic E-state index is -0.576. The third kappa shape index (κ3) is 4.47. The molecule has 0 bridgehead atoms. The zero-order valence-electron chi connectivity index (χ0n) is 10.9. The molecule has 0 aliphatic rings. The quantitative estimate of drug-likeness (QED) is 0.772. The molecule has 1 unspecified atom stereocenters. The van der Waals surface area contributed by atoms with Gasteiger partial charge in [0.15, 0.2) is 6.10 Å². The number of hydrogen-bond donors (Lipinski definition) is 2. The molecular weight excluding hydrogens is 230 g/mol. The van der Waals surface area contributed by atoms with Crippen molar-refractivity contribution in [2.45, 2.75) is 19.4 Å². The Balaban J connectivity index is 2.53. The largest absolute Gasteiger partial charge is 0.396 e. The highest BCUT2D eigenvalue weighted by atomic mass is 16.5. The summed E-state index contributed by atoms with van der Waals surface area (Å²) in [6.45, 7) is 2.68. The van der Waals surface area contributed by atoms with Crippen molar-refractivity contribution in [3.63, 3.8) is 0 Å². The van der Waals surface area contributed by atoms with Crippen molar-refractivity contribution in [3.8, 4) is 0 Å². The summed E-state index contributed by atoms with van der Waals surface area (Å²) in [5.41, 5.74) is 0.840. The minimum Gasteiger partial charge on any atom is -0.396 e. The predicted octanol–water partition coefficient (Wildman–Crippen LogP) is 1.51. The summed E-state index contributed by atoms with van der Waals surface area (Å²) in [6.07, 6.45) is 0.107. The van der Waals surface area contributed by atoms with E-state index in [2.05, 4.69) is 5.32 Å². The van der Waals surface area contributed by atoms with Gasteiger partial charge in [0.2, 0.25) is 0 Å². The van der Waals surface area contributed by atoms with Gasteiger partial charge in [-0.25, -0.2) is 0 Å². The summed E-state index contributed by atoms with van der Waals surface area (Å²) in [5.74, 6) is 0.112. The van der Waals surface area contributed by atoms with Gasteiger partial charge in [-0.2, -0.15) is 0 Å². The molecular formula is C14H21NO3. The van der Waals surface area contributed by atoms with Gasteiger partial charge in [-0.05, 0) is 17.9 Å². The number of carbonyl (C=O) groups excluding carboxylic acids is 1. The molecule has 18 heavy (non-hydrogen) atoms. The van der Waals surface area contributed by atoms with Gasteiger partial charge in [0.25, 0.3) is 5.91 Å². The first-order valence-electron chi connectivity index (χ1n) is 6.15. The molecule has 4 nitrogen and oxygen atoms in total. The highest BCUT2D eigenvalue weighted by Crippen LogP contribution is 2.16. The highest BCUT2D eigenvalue weighted by Gasteiger charge is 2.19. The lowest BCUT2D eigenvalue weighted by Crippen LogP contribution is -2.33. The van der Waals surface area contributed by atoms with Crippen LogP contribution in [0.5, 0.6) is 0 Å². The van der Waals surface area contributed by atoms with E-state index >= 15 is 0 Å². The van der Waals surface area contributed by atoms with Crippen LogP contribution in [0, 0.1) is 5.92 Å². The van der Waals surface area contributed by atoms with Crippen molar-refractivity contribution in [2.24, 2.45) is 5.92 Å². The fraction of sp³-hybridized carbons (Fsp3) is 0.500. The maximum Gasteiger partial charge on any atom is 0.253 e. The first-order valence-corrected chi connectivity index (χ1v) is 6.15. The van der Waals surface area contributed by atoms with E-state index < -0.39 is 6.10 Å². The molecule has 0 fully saturated rings. The minimum absolute atomic E-state index is 0.142. The van der Waals surface area contributed by atoms with Gasteiger partial charge in [0, 0.05) is 20.3 Å². The van der Waals surface area contributed by atoms with Crippen LogP contribution in [0.4, 0.5) is 0 Å². The normalized spacial score (nSPS) is 13.9. The third-order valence-electron chi connectivity index (χ3n) is 2.82. The lowest BCUT2D eigenvalue weighted by molar-refractivity contribution is -0.131. The summed E-state index contributed by atoms with van der Waals surface area (Å²) in [6, 6.07) is 9.39. The molecule has 0 saturated carbocycles. The Kier molecular flexibility index (Phi) is 6.39. The van der Waals surface area contributed by atoms with Crippen molar-refractivity contribution in [1.82, 2.24) is 5.32 Å². The van der Waals surface area contributed by atoms with Gasteiger partial charge in [-0.3, -0.25) is 4.79 Å². The van der Waals surface area contributed by atoms with Crippen LogP contribution in [0.25, 0.3) is 0 Å². The van der Waals surface area contributed by atoms with Crippen LogP contribution in [-0.4, -0.2) is 31.3 Å². The molecule has 0 saturated heterocycles. The molecule has 0 aliphatic heterocycles. The SMILES string of the molecule is CO[C@@H](C(=O)NCC(C)CCO)c1ccccc1. The highest BCUT2D eigenvalue weighted by molar-refractivity contribution is 5.82. The van der Waals surface area contributed by atoms with E-state index in [1.54, 1.807) is 0 Å². The number of ether oxygens (including phenoxy) is 1. The summed E-state index contributed by atoms with van der Waals surface area (Å²) >= 11 is 0. The van der Waals surface area contributed by atoms with Gasteiger partial charge in [-0.15, -0.1) is 0 Å². The van der Waals surface area contributed by atoms with Crippen LogP contribution in [0.1, 0.15) is 25.0 Å². The predicted molar refractivity (Wildman–Crippen MR) is 70.1 cm³/mol. The molecule has 100 valence electrons.